The molecule has 362 valence electrons. The fourth-order valence-electron chi connectivity index (χ4n) is 7.99. The Morgan fingerprint density at radius 1 is 0.548 bits per heavy atom. The second-order valence-electron chi connectivity index (χ2n) is 18.0. The van der Waals surface area contributed by atoms with Gasteiger partial charge >= 0.3 is 0 Å². The average Bonchev–Trinajstić information content (AvgIpc) is 3.27. The molecule has 9 nitrogen and oxygen atoms in total. The van der Waals surface area contributed by atoms with Crippen molar-refractivity contribution >= 4 is 5.91 Å². The van der Waals surface area contributed by atoms with Crippen molar-refractivity contribution < 1.29 is 39.8 Å². The fraction of sp³-hybridized carbons (Fsp3) is 0.830. The first-order valence-corrected chi connectivity index (χ1v) is 25.9. The summed E-state index contributed by atoms with van der Waals surface area (Å²) in [6.45, 7) is 3.75. The quantitative estimate of drug-likeness (QED) is 0.0262. The van der Waals surface area contributed by atoms with Crippen LogP contribution in [0.5, 0.6) is 0 Å². The first-order chi connectivity index (χ1) is 30.3. The molecule has 6 N–H and O–H groups in total. The van der Waals surface area contributed by atoms with E-state index in [1.807, 2.05) is 6.08 Å². The van der Waals surface area contributed by atoms with Gasteiger partial charge in [0.1, 0.15) is 24.4 Å². The summed E-state index contributed by atoms with van der Waals surface area (Å²) >= 11 is 0. The number of hydrogen-bond acceptors (Lipinski definition) is 8. The molecule has 9 heteroatoms. The molecule has 0 radical (unpaired) electrons. The molecule has 0 aliphatic carbocycles. The van der Waals surface area contributed by atoms with Crippen molar-refractivity contribution in [1.82, 2.24) is 5.32 Å². The van der Waals surface area contributed by atoms with E-state index in [0.29, 0.717) is 6.42 Å². The zero-order chi connectivity index (χ0) is 45.1. The van der Waals surface area contributed by atoms with E-state index < -0.39 is 49.5 Å². The minimum absolute atomic E-state index is 0.180. The molecule has 1 fully saturated rings. The molecule has 1 saturated heterocycles. The number of ether oxygens (including phenoxy) is 2. The number of carbonyl (C=O) groups is 1. The van der Waals surface area contributed by atoms with E-state index in [2.05, 4.69) is 55.6 Å². The summed E-state index contributed by atoms with van der Waals surface area (Å²) in [7, 11) is 0. The summed E-state index contributed by atoms with van der Waals surface area (Å²) < 4.78 is 11.2. The summed E-state index contributed by atoms with van der Waals surface area (Å²) in [5, 5.41) is 54.2. The monoisotopic (exact) mass is 876 g/mol. The predicted molar refractivity (Wildman–Crippen MR) is 258 cm³/mol. The number of carbonyl (C=O) groups excluding carboxylic acids is 1. The second-order valence-corrected chi connectivity index (χ2v) is 18.0. The number of nitrogens with one attached hydrogen (secondary N) is 1. The summed E-state index contributed by atoms with van der Waals surface area (Å²) in [4.78, 5) is 13.0. The highest BCUT2D eigenvalue weighted by Gasteiger charge is 2.44. The summed E-state index contributed by atoms with van der Waals surface area (Å²) in [6, 6.07) is -0.805. The van der Waals surface area contributed by atoms with Gasteiger partial charge in [-0.3, -0.25) is 4.79 Å². The van der Waals surface area contributed by atoms with Crippen LogP contribution in [0.4, 0.5) is 0 Å². The topological polar surface area (TPSA) is 149 Å². The molecule has 0 aromatic carbocycles. The van der Waals surface area contributed by atoms with Crippen LogP contribution in [0.3, 0.4) is 0 Å². The molecule has 1 aliphatic rings. The lowest BCUT2D eigenvalue weighted by Crippen LogP contribution is -2.60. The third-order valence-electron chi connectivity index (χ3n) is 12.1. The lowest BCUT2D eigenvalue weighted by atomic mass is 9.99. The van der Waals surface area contributed by atoms with Gasteiger partial charge < -0.3 is 40.3 Å². The van der Waals surface area contributed by atoms with Crippen LogP contribution in [0, 0.1) is 0 Å². The molecule has 1 amide bonds. The Balaban J connectivity index is 2.22. The summed E-state index contributed by atoms with van der Waals surface area (Å²) in [5.74, 6) is -0.180. The Kier molecular flexibility index (Phi) is 40.4. The highest BCUT2D eigenvalue weighted by Crippen LogP contribution is 2.23. The van der Waals surface area contributed by atoms with Crippen molar-refractivity contribution in [3.63, 3.8) is 0 Å². The van der Waals surface area contributed by atoms with E-state index in [9.17, 15) is 30.3 Å². The highest BCUT2D eigenvalue weighted by atomic mass is 16.7. The molecule has 0 saturated carbocycles. The third-order valence-corrected chi connectivity index (χ3v) is 12.1. The molecule has 0 bridgehead atoms. The minimum Gasteiger partial charge on any atom is -0.394 e. The Morgan fingerprint density at radius 2 is 0.952 bits per heavy atom. The molecular weight excluding hydrogens is 779 g/mol. The number of aliphatic hydroxyl groups is 5. The van der Waals surface area contributed by atoms with Crippen LogP contribution < -0.4 is 5.32 Å². The number of allylic oxidation sites excluding steroid dienone is 7. The molecule has 0 aromatic heterocycles. The molecule has 62 heavy (non-hydrogen) atoms. The van der Waals surface area contributed by atoms with Crippen molar-refractivity contribution in [2.75, 3.05) is 13.2 Å². The molecule has 1 heterocycles. The molecule has 7 unspecified atom stereocenters. The fourth-order valence-corrected chi connectivity index (χ4v) is 7.99. The molecule has 1 rings (SSSR count). The van der Waals surface area contributed by atoms with Crippen molar-refractivity contribution in [1.29, 1.82) is 0 Å². The maximum atomic E-state index is 13.0. The summed E-state index contributed by atoms with van der Waals surface area (Å²) in [6.07, 6.45) is 48.8. The van der Waals surface area contributed by atoms with Gasteiger partial charge in [0.15, 0.2) is 6.29 Å². The van der Waals surface area contributed by atoms with Crippen LogP contribution in [0.1, 0.15) is 226 Å². The van der Waals surface area contributed by atoms with Crippen LogP contribution in [-0.2, 0) is 14.3 Å². The van der Waals surface area contributed by atoms with Gasteiger partial charge in [0, 0.05) is 6.42 Å². The maximum absolute atomic E-state index is 13.0. The third kappa shape index (κ3) is 32.8. The van der Waals surface area contributed by atoms with Gasteiger partial charge in [0.25, 0.3) is 0 Å². The van der Waals surface area contributed by atoms with Crippen LogP contribution >= 0.6 is 0 Å². The smallest absolute Gasteiger partial charge is 0.220 e. The number of hydrogen-bond donors (Lipinski definition) is 6. The van der Waals surface area contributed by atoms with Gasteiger partial charge in [0.05, 0.1) is 25.4 Å². The number of amides is 1. The normalized spacial score (nSPS) is 20.7. The van der Waals surface area contributed by atoms with E-state index in [-0.39, 0.29) is 12.5 Å². The first-order valence-electron chi connectivity index (χ1n) is 25.9. The van der Waals surface area contributed by atoms with Gasteiger partial charge in [-0.1, -0.05) is 210 Å². The van der Waals surface area contributed by atoms with E-state index in [1.54, 1.807) is 6.08 Å². The summed E-state index contributed by atoms with van der Waals surface area (Å²) in [5.41, 5.74) is 0. The minimum atomic E-state index is -1.57. The van der Waals surface area contributed by atoms with E-state index >= 15 is 0 Å². The molecular formula is C53H97NO8. The average molecular weight is 876 g/mol. The number of rotatable bonds is 43. The van der Waals surface area contributed by atoms with E-state index in [1.165, 1.54) is 154 Å². The van der Waals surface area contributed by atoms with Gasteiger partial charge in [-0.25, -0.2) is 0 Å². The largest absolute Gasteiger partial charge is 0.394 e. The Labute approximate surface area is 380 Å². The van der Waals surface area contributed by atoms with Crippen LogP contribution in [-0.4, -0.2) is 87.5 Å². The Hall–Kier alpha value is -1.85. The standard InChI is InChI=1S/C53H97NO8/c1-3-5-7-9-11-13-15-17-18-19-20-21-22-23-24-25-26-27-28-29-30-31-33-35-37-39-41-43-49(57)54-46(45-61-53-52(60)51(59)50(58)48(44-55)62-53)47(56)42-40-38-36-34-32-16-14-12-10-8-6-4-2/h15,17,19-20,22-23,40,42,46-48,50-53,55-56,58-60H,3-14,16,18,21,24-39,41,43-45H2,1-2H3,(H,54,57)/b17-15-,20-19-,23-22-,42-40+. The first kappa shape index (κ1) is 58.2. The zero-order valence-corrected chi connectivity index (χ0v) is 39.9. The van der Waals surface area contributed by atoms with Gasteiger partial charge in [-0.2, -0.15) is 0 Å². The Bertz CT molecular complexity index is 1110. The lowest BCUT2D eigenvalue weighted by Gasteiger charge is -2.40. The number of aliphatic hydroxyl groups excluding tert-OH is 5. The van der Waals surface area contributed by atoms with Crippen molar-refractivity contribution in [3.05, 3.63) is 48.6 Å². The predicted octanol–water partition coefficient (Wildman–Crippen LogP) is 11.8. The number of unbranched alkanes of at least 4 members (excludes halogenated alkanes) is 27. The van der Waals surface area contributed by atoms with Gasteiger partial charge in [-0.05, 0) is 57.8 Å². The van der Waals surface area contributed by atoms with Crippen LogP contribution in [0.15, 0.2) is 48.6 Å². The van der Waals surface area contributed by atoms with E-state index in [0.717, 1.165) is 51.4 Å². The molecule has 0 aromatic rings. The molecule has 7 atom stereocenters. The SMILES string of the molecule is CCCCCCC/C=C\C/C=C\C/C=C\CCCCCCCCCCCCCCC(=O)NC(COC1OC(CO)C(O)C(O)C1O)C(O)/C=C/CCCCCCCCCCCC. The lowest BCUT2D eigenvalue weighted by molar-refractivity contribution is -0.302. The second kappa shape index (κ2) is 43.1. The highest BCUT2D eigenvalue weighted by molar-refractivity contribution is 5.76. The van der Waals surface area contributed by atoms with Crippen molar-refractivity contribution in [2.45, 2.75) is 269 Å². The maximum Gasteiger partial charge on any atom is 0.220 e. The Morgan fingerprint density at radius 3 is 1.40 bits per heavy atom. The van der Waals surface area contributed by atoms with Crippen molar-refractivity contribution in [2.24, 2.45) is 0 Å². The molecule has 0 spiro atoms. The van der Waals surface area contributed by atoms with E-state index in [4.69, 9.17) is 9.47 Å². The van der Waals surface area contributed by atoms with Crippen LogP contribution in [0.2, 0.25) is 0 Å². The van der Waals surface area contributed by atoms with Crippen molar-refractivity contribution in [3.8, 4) is 0 Å². The van der Waals surface area contributed by atoms with Crippen LogP contribution in [0.25, 0.3) is 0 Å². The van der Waals surface area contributed by atoms with Gasteiger partial charge in [0.2, 0.25) is 5.91 Å². The van der Waals surface area contributed by atoms with Gasteiger partial charge in [-0.15, -0.1) is 0 Å². The molecule has 1 aliphatic heterocycles. The zero-order valence-electron chi connectivity index (χ0n) is 39.9.